The predicted octanol–water partition coefficient (Wildman–Crippen LogP) is 2.16. The van der Waals surface area contributed by atoms with Crippen molar-refractivity contribution in [3.05, 3.63) is 65.9 Å². The maximum atomic E-state index is 11.1. The monoisotopic (exact) mass is 389 g/mol. The summed E-state index contributed by atoms with van der Waals surface area (Å²) in [6.07, 6.45) is 2.47. The normalized spacial score (nSPS) is 10.7. The SMILES string of the molecule is CS(=O)(=O)O.NC(=O)c1ccc(CNc2cccc3cccnc23)cc1O. The maximum absolute atomic E-state index is 11.1. The van der Waals surface area contributed by atoms with Crippen LogP contribution in [0, 0.1) is 0 Å². The van der Waals surface area contributed by atoms with Crippen molar-refractivity contribution in [3.8, 4) is 5.75 Å². The van der Waals surface area contributed by atoms with Crippen LogP contribution in [-0.4, -0.2) is 35.2 Å². The third-order valence-corrected chi connectivity index (χ3v) is 3.44. The Hall–Kier alpha value is -3.17. The molecule has 0 bridgehead atoms. The summed E-state index contributed by atoms with van der Waals surface area (Å²) in [7, 11) is -3.67. The number of aromatic nitrogens is 1. The number of amides is 1. The van der Waals surface area contributed by atoms with Gasteiger partial charge in [0, 0.05) is 18.1 Å². The molecule has 1 amide bonds. The molecule has 0 aliphatic rings. The van der Waals surface area contributed by atoms with E-state index in [0.29, 0.717) is 12.8 Å². The largest absolute Gasteiger partial charge is 0.507 e. The molecule has 27 heavy (non-hydrogen) atoms. The van der Waals surface area contributed by atoms with Crippen molar-refractivity contribution in [1.82, 2.24) is 4.98 Å². The van der Waals surface area contributed by atoms with Crippen molar-refractivity contribution in [1.29, 1.82) is 0 Å². The second kappa shape index (κ2) is 8.47. The fraction of sp³-hybridized carbons (Fsp3) is 0.111. The number of benzene rings is 2. The van der Waals surface area contributed by atoms with E-state index in [1.54, 1.807) is 12.3 Å². The van der Waals surface area contributed by atoms with E-state index in [-0.39, 0.29) is 11.3 Å². The van der Waals surface area contributed by atoms with Crippen LogP contribution < -0.4 is 11.1 Å². The van der Waals surface area contributed by atoms with Gasteiger partial charge in [-0.1, -0.05) is 24.3 Å². The molecule has 8 nitrogen and oxygen atoms in total. The summed E-state index contributed by atoms with van der Waals surface area (Å²) < 4.78 is 25.9. The Bertz CT molecular complexity index is 1050. The van der Waals surface area contributed by atoms with Gasteiger partial charge < -0.3 is 16.2 Å². The van der Waals surface area contributed by atoms with Gasteiger partial charge in [-0.25, -0.2) is 0 Å². The lowest BCUT2D eigenvalue weighted by molar-refractivity contribution is 0.0997. The van der Waals surface area contributed by atoms with Crippen LogP contribution in [-0.2, 0) is 16.7 Å². The summed E-state index contributed by atoms with van der Waals surface area (Å²) in [6, 6.07) is 14.6. The van der Waals surface area contributed by atoms with Crippen LogP contribution in [0.5, 0.6) is 5.75 Å². The molecule has 0 fully saturated rings. The van der Waals surface area contributed by atoms with Crippen molar-refractivity contribution in [2.75, 3.05) is 11.6 Å². The molecular formula is C18H19N3O5S. The van der Waals surface area contributed by atoms with Crippen LogP contribution in [0.1, 0.15) is 15.9 Å². The van der Waals surface area contributed by atoms with Gasteiger partial charge in [-0.2, -0.15) is 8.42 Å². The molecule has 9 heteroatoms. The van der Waals surface area contributed by atoms with E-state index in [4.69, 9.17) is 10.3 Å². The van der Waals surface area contributed by atoms with E-state index < -0.39 is 16.0 Å². The van der Waals surface area contributed by atoms with Crippen LogP contribution in [0.4, 0.5) is 5.69 Å². The number of rotatable bonds is 4. The number of pyridine rings is 1. The summed E-state index contributed by atoms with van der Waals surface area (Å²) in [5.41, 5.74) is 7.94. The van der Waals surface area contributed by atoms with Crippen LogP contribution in [0.2, 0.25) is 0 Å². The van der Waals surface area contributed by atoms with Gasteiger partial charge in [0.15, 0.2) is 0 Å². The minimum Gasteiger partial charge on any atom is -0.507 e. The first-order valence-electron chi connectivity index (χ1n) is 7.77. The third kappa shape index (κ3) is 6.24. The van der Waals surface area contributed by atoms with Gasteiger partial charge in [0.1, 0.15) is 5.75 Å². The number of fused-ring (bicyclic) bond motifs is 1. The average molecular weight is 389 g/mol. The van der Waals surface area contributed by atoms with Crippen LogP contribution >= 0.6 is 0 Å². The highest BCUT2D eigenvalue weighted by Gasteiger charge is 2.08. The number of carbonyl (C=O) groups excluding carboxylic acids is 1. The minimum atomic E-state index is -3.67. The molecule has 0 aliphatic heterocycles. The molecule has 3 rings (SSSR count). The number of phenols is 1. The van der Waals surface area contributed by atoms with Crippen LogP contribution in [0.3, 0.4) is 0 Å². The Labute approximate surface area is 156 Å². The smallest absolute Gasteiger partial charge is 0.261 e. The number of para-hydroxylation sites is 1. The lowest BCUT2D eigenvalue weighted by Gasteiger charge is -2.10. The molecule has 142 valence electrons. The summed E-state index contributed by atoms with van der Waals surface area (Å²) >= 11 is 0. The first-order valence-corrected chi connectivity index (χ1v) is 9.62. The van der Waals surface area contributed by atoms with Gasteiger partial charge in [-0.15, -0.1) is 0 Å². The zero-order chi connectivity index (χ0) is 20.0. The number of anilines is 1. The number of hydrogen-bond donors (Lipinski definition) is 4. The third-order valence-electron chi connectivity index (χ3n) is 3.44. The van der Waals surface area contributed by atoms with E-state index in [2.05, 4.69) is 10.3 Å². The molecule has 0 saturated carbocycles. The molecule has 0 aliphatic carbocycles. The minimum absolute atomic E-state index is 0.108. The number of aromatic hydroxyl groups is 1. The molecule has 0 saturated heterocycles. The molecule has 0 atom stereocenters. The van der Waals surface area contributed by atoms with E-state index >= 15 is 0 Å². The zero-order valence-electron chi connectivity index (χ0n) is 14.5. The van der Waals surface area contributed by atoms with E-state index in [0.717, 1.165) is 22.2 Å². The van der Waals surface area contributed by atoms with Gasteiger partial charge in [-0.05, 0) is 29.8 Å². The second-order valence-corrected chi connectivity index (χ2v) is 7.15. The van der Waals surface area contributed by atoms with Crippen molar-refractivity contribution in [2.45, 2.75) is 6.54 Å². The summed E-state index contributed by atoms with van der Waals surface area (Å²) in [5.74, 6) is -0.752. The van der Waals surface area contributed by atoms with Crippen LogP contribution in [0.25, 0.3) is 10.9 Å². The fourth-order valence-electron chi connectivity index (χ4n) is 2.34. The highest BCUT2D eigenvalue weighted by molar-refractivity contribution is 7.85. The summed E-state index contributed by atoms with van der Waals surface area (Å²) in [4.78, 5) is 15.5. The van der Waals surface area contributed by atoms with E-state index in [1.165, 1.54) is 12.1 Å². The molecule has 3 aromatic rings. The summed E-state index contributed by atoms with van der Waals surface area (Å²) in [5, 5.41) is 14.1. The Morgan fingerprint density at radius 2 is 1.85 bits per heavy atom. The molecule has 2 aromatic carbocycles. The van der Waals surface area contributed by atoms with Crippen molar-refractivity contribution < 1.29 is 22.9 Å². The van der Waals surface area contributed by atoms with Gasteiger partial charge >= 0.3 is 0 Å². The van der Waals surface area contributed by atoms with Gasteiger partial charge in [0.05, 0.1) is 23.0 Å². The molecule has 1 heterocycles. The standard InChI is InChI=1S/C17H15N3O2.CH4O3S/c18-17(22)13-7-6-11(9-15(13)21)10-20-14-5-1-3-12-4-2-8-19-16(12)14;1-5(2,3)4/h1-9,20-21H,10H2,(H2,18,22);1H3,(H,2,3,4). The maximum Gasteiger partial charge on any atom is 0.261 e. The molecule has 5 N–H and O–H groups in total. The topological polar surface area (TPSA) is 143 Å². The lowest BCUT2D eigenvalue weighted by Crippen LogP contribution is -2.11. The Morgan fingerprint density at radius 1 is 1.19 bits per heavy atom. The average Bonchev–Trinajstić information content (AvgIpc) is 2.58. The van der Waals surface area contributed by atoms with Gasteiger partial charge in [-0.3, -0.25) is 14.3 Å². The molecule has 1 aromatic heterocycles. The zero-order valence-corrected chi connectivity index (χ0v) is 15.3. The Balaban J connectivity index is 0.000000465. The molecular weight excluding hydrogens is 370 g/mol. The number of hydrogen-bond acceptors (Lipinski definition) is 6. The Kier molecular flexibility index (Phi) is 6.32. The first kappa shape index (κ1) is 20.1. The van der Waals surface area contributed by atoms with Crippen molar-refractivity contribution >= 4 is 32.6 Å². The van der Waals surface area contributed by atoms with Crippen molar-refractivity contribution in [2.24, 2.45) is 5.73 Å². The van der Waals surface area contributed by atoms with Crippen molar-refractivity contribution in [3.63, 3.8) is 0 Å². The summed E-state index contributed by atoms with van der Waals surface area (Å²) in [6.45, 7) is 0.502. The Morgan fingerprint density at radius 3 is 2.48 bits per heavy atom. The number of nitrogens with zero attached hydrogens (tertiary/aromatic N) is 1. The lowest BCUT2D eigenvalue weighted by atomic mass is 10.1. The molecule has 0 radical (unpaired) electrons. The van der Waals surface area contributed by atoms with Gasteiger partial charge in [0.2, 0.25) is 0 Å². The first-order chi connectivity index (χ1) is 12.6. The van der Waals surface area contributed by atoms with E-state index in [1.807, 2.05) is 30.3 Å². The quantitative estimate of drug-likeness (QED) is 0.501. The molecule has 0 unspecified atom stereocenters. The van der Waals surface area contributed by atoms with Gasteiger partial charge in [0.25, 0.3) is 16.0 Å². The predicted molar refractivity (Wildman–Crippen MR) is 103 cm³/mol. The highest BCUT2D eigenvalue weighted by Crippen LogP contribution is 2.23. The number of nitrogens with two attached hydrogens (primary N) is 1. The van der Waals surface area contributed by atoms with E-state index in [9.17, 15) is 18.3 Å². The second-order valence-electron chi connectivity index (χ2n) is 5.68. The van der Waals surface area contributed by atoms with Crippen LogP contribution in [0.15, 0.2) is 54.7 Å². The number of carbonyl (C=O) groups is 1. The number of primary amides is 1. The fourth-order valence-corrected chi connectivity index (χ4v) is 2.34. The molecule has 0 spiro atoms. The number of nitrogens with one attached hydrogen (secondary N) is 1. The highest BCUT2D eigenvalue weighted by atomic mass is 32.2.